The summed E-state index contributed by atoms with van der Waals surface area (Å²) in [6, 6.07) is 6.24. The van der Waals surface area contributed by atoms with Crippen LogP contribution in [0.5, 0.6) is 0 Å². The van der Waals surface area contributed by atoms with Gasteiger partial charge in [0.05, 0.1) is 30.6 Å². The molecule has 1 aromatic carbocycles. The highest BCUT2D eigenvalue weighted by atomic mass is 32.1. The molecule has 2 aliphatic heterocycles. The molecule has 0 spiro atoms. The number of benzene rings is 1. The van der Waals surface area contributed by atoms with Crippen molar-refractivity contribution in [2.24, 2.45) is 0 Å². The molecule has 2 saturated heterocycles. The van der Waals surface area contributed by atoms with E-state index < -0.39 is 35.9 Å². The molecule has 9 nitrogen and oxygen atoms in total. The van der Waals surface area contributed by atoms with Gasteiger partial charge < -0.3 is 19.3 Å². The first-order valence-electron chi connectivity index (χ1n) is 11.2. The number of ether oxygens (including phenoxy) is 2. The molecule has 1 unspecified atom stereocenters. The van der Waals surface area contributed by atoms with Crippen LogP contribution >= 0.6 is 12.2 Å². The lowest BCUT2D eigenvalue weighted by atomic mass is 10.2. The van der Waals surface area contributed by atoms with E-state index in [1.807, 2.05) is 0 Å². The molecule has 37 heavy (non-hydrogen) atoms. The molecule has 2 aliphatic rings. The van der Waals surface area contributed by atoms with E-state index in [-0.39, 0.29) is 30.4 Å². The van der Waals surface area contributed by atoms with Crippen LogP contribution < -0.4 is 9.80 Å². The summed E-state index contributed by atoms with van der Waals surface area (Å²) >= 11 is 5.05. The fraction of sp³-hybridized carbons (Fsp3) is 0.391. The van der Waals surface area contributed by atoms with Gasteiger partial charge >= 0.3 is 12.3 Å². The van der Waals surface area contributed by atoms with Crippen LogP contribution in [0, 0.1) is 5.82 Å². The molecule has 2 fully saturated rings. The minimum atomic E-state index is -4.59. The van der Waals surface area contributed by atoms with Crippen molar-refractivity contribution in [3.63, 3.8) is 0 Å². The SMILES string of the molecule is COC(=S)N(C)C1CN(c2ccc(N3CCN(C(=O)c4ccc(C(F)(F)F)nc4)CC3)c(F)c2)C(=O)O1. The van der Waals surface area contributed by atoms with E-state index in [4.69, 9.17) is 21.7 Å². The maximum atomic E-state index is 15.1. The Hall–Kier alpha value is -3.68. The quantitative estimate of drug-likeness (QED) is 0.431. The smallest absolute Gasteiger partial charge is 0.433 e. The van der Waals surface area contributed by atoms with Gasteiger partial charge in [0.1, 0.15) is 11.5 Å². The fourth-order valence-electron chi connectivity index (χ4n) is 4.06. The van der Waals surface area contributed by atoms with E-state index in [1.54, 1.807) is 24.1 Å². The minimum absolute atomic E-state index is 0.0460. The van der Waals surface area contributed by atoms with Gasteiger partial charge in [-0.2, -0.15) is 13.2 Å². The Kier molecular flexibility index (Phi) is 7.39. The molecular weight excluding hydrogens is 518 g/mol. The molecule has 14 heteroatoms. The number of aromatic nitrogens is 1. The number of carbonyl (C=O) groups is 2. The highest BCUT2D eigenvalue weighted by molar-refractivity contribution is 7.80. The zero-order chi connectivity index (χ0) is 26.9. The molecule has 0 bridgehead atoms. The number of rotatable bonds is 4. The first-order valence-corrected chi connectivity index (χ1v) is 11.6. The Balaban J connectivity index is 1.38. The van der Waals surface area contributed by atoms with Crippen molar-refractivity contribution in [3.8, 4) is 0 Å². The van der Waals surface area contributed by atoms with Crippen molar-refractivity contribution in [1.82, 2.24) is 14.8 Å². The van der Waals surface area contributed by atoms with Crippen LogP contribution in [-0.4, -0.2) is 85.1 Å². The number of carbonyl (C=O) groups excluding carboxylic acids is 2. The van der Waals surface area contributed by atoms with Gasteiger partial charge in [0, 0.05) is 39.4 Å². The second-order valence-corrected chi connectivity index (χ2v) is 8.72. The normalized spacial score (nSPS) is 18.1. The molecule has 3 heterocycles. The summed E-state index contributed by atoms with van der Waals surface area (Å²) < 4.78 is 63.5. The first-order chi connectivity index (χ1) is 17.5. The fourth-order valence-corrected chi connectivity index (χ4v) is 4.18. The summed E-state index contributed by atoms with van der Waals surface area (Å²) in [6.07, 6.45) is -5.01. The third-order valence-corrected chi connectivity index (χ3v) is 6.60. The van der Waals surface area contributed by atoms with E-state index in [0.717, 1.165) is 18.3 Å². The Morgan fingerprint density at radius 2 is 1.89 bits per heavy atom. The average Bonchev–Trinajstić information content (AvgIpc) is 3.28. The molecule has 2 aromatic rings. The Bertz CT molecular complexity index is 1190. The highest BCUT2D eigenvalue weighted by Crippen LogP contribution is 2.30. The van der Waals surface area contributed by atoms with E-state index in [2.05, 4.69) is 4.98 Å². The van der Waals surface area contributed by atoms with Crippen LogP contribution in [0.3, 0.4) is 0 Å². The third kappa shape index (κ3) is 5.53. The topological polar surface area (TPSA) is 78.5 Å². The van der Waals surface area contributed by atoms with E-state index in [9.17, 15) is 22.8 Å². The summed E-state index contributed by atoms with van der Waals surface area (Å²) in [5.41, 5.74) is -0.413. The second kappa shape index (κ2) is 10.4. The zero-order valence-corrected chi connectivity index (χ0v) is 20.7. The lowest BCUT2D eigenvalue weighted by Gasteiger charge is -2.36. The average molecular weight is 542 g/mol. The summed E-state index contributed by atoms with van der Waals surface area (Å²) in [4.78, 5) is 34.4. The van der Waals surface area contributed by atoms with E-state index in [1.165, 1.54) is 27.9 Å². The minimum Gasteiger partial charge on any atom is -0.474 e. The van der Waals surface area contributed by atoms with Crippen molar-refractivity contribution >= 4 is 40.8 Å². The van der Waals surface area contributed by atoms with Crippen LogP contribution in [0.1, 0.15) is 16.1 Å². The summed E-state index contributed by atoms with van der Waals surface area (Å²) in [7, 11) is 3.03. The van der Waals surface area contributed by atoms with Gasteiger partial charge in [-0.15, -0.1) is 0 Å². The van der Waals surface area contributed by atoms with Crippen molar-refractivity contribution in [3.05, 3.63) is 53.6 Å². The second-order valence-electron chi connectivity index (χ2n) is 8.37. The van der Waals surface area contributed by atoms with Gasteiger partial charge in [-0.3, -0.25) is 19.6 Å². The van der Waals surface area contributed by atoms with Gasteiger partial charge in [0.2, 0.25) is 0 Å². The lowest BCUT2D eigenvalue weighted by molar-refractivity contribution is -0.141. The molecule has 0 saturated carbocycles. The van der Waals surface area contributed by atoms with Gasteiger partial charge in [-0.25, -0.2) is 9.18 Å². The largest absolute Gasteiger partial charge is 0.474 e. The molecule has 4 rings (SSSR count). The summed E-state index contributed by atoms with van der Waals surface area (Å²) in [5.74, 6) is -1.00. The Morgan fingerprint density at radius 1 is 1.19 bits per heavy atom. The monoisotopic (exact) mass is 541 g/mol. The van der Waals surface area contributed by atoms with Crippen LogP contribution in [-0.2, 0) is 15.7 Å². The van der Waals surface area contributed by atoms with Gasteiger partial charge in [-0.05, 0) is 42.5 Å². The number of thiocarbonyl (C=S) groups is 1. The van der Waals surface area contributed by atoms with Crippen LogP contribution in [0.25, 0.3) is 0 Å². The Morgan fingerprint density at radius 3 is 2.46 bits per heavy atom. The molecule has 1 aromatic heterocycles. The van der Waals surface area contributed by atoms with Crippen LogP contribution in [0.15, 0.2) is 36.5 Å². The van der Waals surface area contributed by atoms with Crippen molar-refractivity contribution in [2.75, 3.05) is 56.7 Å². The molecule has 1 atom stereocenters. The number of methoxy groups -OCH3 is 1. The Labute approximate surface area is 215 Å². The van der Waals surface area contributed by atoms with E-state index in [0.29, 0.717) is 24.5 Å². The lowest BCUT2D eigenvalue weighted by Crippen LogP contribution is -2.49. The number of nitrogens with zero attached hydrogens (tertiary/aromatic N) is 5. The number of hydrogen-bond donors (Lipinski definition) is 0. The summed E-state index contributed by atoms with van der Waals surface area (Å²) in [6.45, 7) is 1.23. The van der Waals surface area contributed by atoms with E-state index >= 15 is 4.39 Å². The number of anilines is 2. The maximum Gasteiger partial charge on any atom is 0.433 e. The van der Waals surface area contributed by atoms with Crippen LogP contribution in [0.4, 0.5) is 33.7 Å². The van der Waals surface area contributed by atoms with Crippen LogP contribution in [0.2, 0.25) is 0 Å². The standard InChI is InChI=1S/C23H23F4N5O4S/c1-29(22(37)35-2)19-13-32(21(34)36-19)15-4-5-17(16(24)11-15)30-7-9-31(10-8-30)20(33)14-3-6-18(28-12-14)23(25,26)27/h3-6,11-12,19H,7-10,13H2,1-2H3. The predicted octanol–water partition coefficient (Wildman–Crippen LogP) is 3.35. The number of piperazine rings is 1. The number of cyclic esters (lactones) is 1. The van der Waals surface area contributed by atoms with Crippen molar-refractivity contribution < 1.29 is 36.6 Å². The van der Waals surface area contributed by atoms with Gasteiger partial charge in [0.15, 0.2) is 6.23 Å². The molecule has 0 radical (unpaired) electrons. The number of pyridine rings is 1. The molecule has 2 amide bonds. The predicted molar refractivity (Wildman–Crippen MR) is 129 cm³/mol. The number of alkyl halides is 3. The number of amides is 2. The molecule has 0 N–H and O–H groups in total. The van der Waals surface area contributed by atoms with Gasteiger partial charge in [-0.1, -0.05) is 0 Å². The molecule has 198 valence electrons. The number of hydrogen-bond acceptors (Lipinski definition) is 7. The number of halogens is 4. The zero-order valence-electron chi connectivity index (χ0n) is 19.9. The number of likely N-dealkylation sites (N-methyl/N-ethyl adjacent to an activating group) is 1. The van der Waals surface area contributed by atoms with Crippen molar-refractivity contribution in [1.29, 1.82) is 0 Å². The molecule has 0 aliphatic carbocycles. The summed E-state index contributed by atoms with van der Waals surface area (Å²) in [5, 5.41) is 0.147. The van der Waals surface area contributed by atoms with Gasteiger partial charge in [0.25, 0.3) is 11.1 Å². The maximum absolute atomic E-state index is 15.1. The van der Waals surface area contributed by atoms with Crippen molar-refractivity contribution in [2.45, 2.75) is 12.4 Å². The highest BCUT2D eigenvalue weighted by Gasteiger charge is 2.37. The molecular formula is C23H23F4N5O4S. The third-order valence-electron chi connectivity index (χ3n) is 6.14. The first kappa shape index (κ1) is 26.4.